The zero-order chi connectivity index (χ0) is 32.4. The van der Waals surface area contributed by atoms with E-state index in [1.165, 1.54) is 18.4 Å². The molecule has 15 atom stereocenters. The SMILES string of the molecule is C/C=C(\C(C)C)[C@H](O)C[C@@H](C)[C@H]1CC[C@@]2(C)[C@@H]3CC[C@H]4[C@H](C)[C@@H](O[C@@H]5O[C@@H](C)[C@H](O)[C@@H](O)[C@H]5O)CC[C@]4(O)CC3=CC[C@]12C. The van der Waals surface area contributed by atoms with Crippen LogP contribution in [0.1, 0.15) is 113 Å². The minimum absolute atomic E-state index is 0.0587. The average Bonchev–Trinajstić information content (AvgIpc) is 3.13. The maximum Gasteiger partial charge on any atom is 0.186 e. The van der Waals surface area contributed by atoms with Crippen molar-refractivity contribution in [1.29, 1.82) is 0 Å². The van der Waals surface area contributed by atoms with Crippen LogP contribution in [0.5, 0.6) is 0 Å². The molecule has 5 rings (SSSR count). The van der Waals surface area contributed by atoms with E-state index in [1.807, 2.05) is 6.92 Å². The first kappa shape index (κ1) is 34.5. The summed E-state index contributed by atoms with van der Waals surface area (Å²) in [5, 5.41) is 54.4. The fraction of sp³-hybridized carbons (Fsp3) is 0.892. The van der Waals surface area contributed by atoms with Gasteiger partial charge >= 0.3 is 0 Å². The van der Waals surface area contributed by atoms with Gasteiger partial charge < -0.3 is 35.0 Å². The van der Waals surface area contributed by atoms with Crippen LogP contribution in [0.25, 0.3) is 0 Å². The van der Waals surface area contributed by atoms with Crippen molar-refractivity contribution in [2.24, 2.45) is 46.3 Å². The molecule has 5 N–H and O–H groups in total. The second-order valence-electron chi connectivity index (χ2n) is 16.4. The first-order valence-corrected chi connectivity index (χ1v) is 17.7. The third-order valence-corrected chi connectivity index (χ3v) is 13.9. The standard InChI is InChI=1S/C37H62O7/c1-9-25(20(2)3)29(38)18-21(4)26-13-16-36(8)28-11-10-27-22(5)30(44-34-33(41)32(40)31(39)23(6)43-34)14-17-37(27,42)19-24(28)12-15-35(26,36)7/h9,12,20-23,26-34,38-42H,10-11,13-19H2,1-8H3/b25-9+/t21-,22+,23+,26-,27+,28-,29-,30+,31+,32-,33-,34+,35-,36+,37+/m1/s1. The Balaban J connectivity index is 1.31. The van der Waals surface area contributed by atoms with Gasteiger partial charge in [-0.25, -0.2) is 0 Å². The Morgan fingerprint density at radius 1 is 1.00 bits per heavy atom. The molecule has 0 aromatic heterocycles. The average molecular weight is 619 g/mol. The highest BCUT2D eigenvalue weighted by Crippen LogP contribution is 2.69. The van der Waals surface area contributed by atoms with E-state index >= 15 is 0 Å². The second kappa shape index (κ2) is 12.7. The number of ether oxygens (including phenoxy) is 2. The molecule has 0 aromatic rings. The molecule has 3 saturated carbocycles. The Kier molecular flexibility index (Phi) is 9.94. The maximum absolute atomic E-state index is 12.2. The van der Waals surface area contributed by atoms with Gasteiger partial charge in [0, 0.05) is 0 Å². The summed E-state index contributed by atoms with van der Waals surface area (Å²) >= 11 is 0. The van der Waals surface area contributed by atoms with Crippen LogP contribution in [0.15, 0.2) is 23.3 Å². The summed E-state index contributed by atoms with van der Waals surface area (Å²) < 4.78 is 12.1. The molecule has 0 unspecified atom stereocenters. The Bertz CT molecular complexity index is 1090. The lowest BCUT2D eigenvalue weighted by Gasteiger charge is -2.54. The minimum atomic E-state index is -1.32. The van der Waals surface area contributed by atoms with Crippen molar-refractivity contribution in [3.63, 3.8) is 0 Å². The van der Waals surface area contributed by atoms with Gasteiger partial charge in [0.25, 0.3) is 0 Å². The zero-order valence-electron chi connectivity index (χ0n) is 28.6. The number of allylic oxidation sites excluding steroid dienone is 2. The molecule has 7 heteroatoms. The highest BCUT2D eigenvalue weighted by molar-refractivity contribution is 5.27. The lowest BCUT2D eigenvalue weighted by molar-refractivity contribution is -0.314. The van der Waals surface area contributed by atoms with Gasteiger partial charge in [-0.3, -0.25) is 0 Å². The number of fused-ring (bicyclic) bond motifs is 4. The van der Waals surface area contributed by atoms with Gasteiger partial charge in [0.15, 0.2) is 6.29 Å². The lowest BCUT2D eigenvalue weighted by Crippen LogP contribution is -2.59. The number of hydrogen-bond donors (Lipinski definition) is 5. The highest BCUT2D eigenvalue weighted by Gasteiger charge is 2.62. The van der Waals surface area contributed by atoms with Gasteiger partial charge in [0.1, 0.15) is 18.3 Å². The van der Waals surface area contributed by atoms with Crippen LogP contribution in [0.3, 0.4) is 0 Å². The van der Waals surface area contributed by atoms with Crippen molar-refractivity contribution in [2.45, 2.75) is 162 Å². The van der Waals surface area contributed by atoms with Crippen molar-refractivity contribution in [3.05, 3.63) is 23.3 Å². The zero-order valence-corrected chi connectivity index (χ0v) is 28.6. The van der Waals surface area contributed by atoms with E-state index in [0.29, 0.717) is 42.9 Å². The quantitative estimate of drug-likeness (QED) is 0.239. The van der Waals surface area contributed by atoms with E-state index in [1.54, 1.807) is 6.92 Å². The van der Waals surface area contributed by atoms with Crippen LogP contribution < -0.4 is 0 Å². The summed E-state index contributed by atoms with van der Waals surface area (Å²) in [6, 6.07) is 0. The van der Waals surface area contributed by atoms with E-state index in [0.717, 1.165) is 31.3 Å². The molecule has 1 saturated heterocycles. The Hall–Kier alpha value is -0.800. The van der Waals surface area contributed by atoms with Gasteiger partial charge in [-0.05, 0) is 124 Å². The molecule has 1 aliphatic heterocycles. The van der Waals surface area contributed by atoms with Gasteiger partial charge in [-0.1, -0.05) is 59.3 Å². The smallest absolute Gasteiger partial charge is 0.186 e. The third-order valence-electron chi connectivity index (χ3n) is 13.9. The van der Waals surface area contributed by atoms with Crippen molar-refractivity contribution < 1.29 is 35.0 Å². The molecular weight excluding hydrogens is 556 g/mol. The molecule has 0 spiro atoms. The molecule has 0 bridgehead atoms. The lowest BCUT2D eigenvalue weighted by atomic mass is 9.51. The van der Waals surface area contributed by atoms with Crippen LogP contribution in [0.4, 0.5) is 0 Å². The van der Waals surface area contributed by atoms with Gasteiger partial charge in [0.05, 0.1) is 23.9 Å². The second-order valence-corrected chi connectivity index (χ2v) is 16.4. The molecule has 1 heterocycles. The topological polar surface area (TPSA) is 120 Å². The number of aliphatic hydroxyl groups is 5. The van der Waals surface area contributed by atoms with Crippen LogP contribution in [-0.2, 0) is 9.47 Å². The van der Waals surface area contributed by atoms with E-state index in [2.05, 4.69) is 53.7 Å². The van der Waals surface area contributed by atoms with E-state index in [-0.39, 0.29) is 34.9 Å². The molecule has 252 valence electrons. The normalized spacial score (nSPS) is 49.4. The van der Waals surface area contributed by atoms with E-state index in [4.69, 9.17) is 9.47 Å². The van der Waals surface area contributed by atoms with Crippen molar-refractivity contribution >= 4 is 0 Å². The molecule has 0 amide bonds. The van der Waals surface area contributed by atoms with Crippen LogP contribution in [0, 0.1) is 46.3 Å². The fourth-order valence-corrected chi connectivity index (χ4v) is 11.0. The molecule has 5 aliphatic rings. The molecule has 0 radical (unpaired) electrons. The maximum atomic E-state index is 12.2. The van der Waals surface area contributed by atoms with E-state index in [9.17, 15) is 25.5 Å². The van der Waals surface area contributed by atoms with Crippen molar-refractivity contribution in [3.8, 4) is 0 Å². The molecule has 4 aliphatic carbocycles. The third kappa shape index (κ3) is 5.69. The summed E-state index contributed by atoms with van der Waals surface area (Å²) in [5.41, 5.74) is 2.12. The number of rotatable bonds is 7. The summed E-state index contributed by atoms with van der Waals surface area (Å²) in [6.45, 7) is 17.6. The predicted molar refractivity (Wildman–Crippen MR) is 171 cm³/mol. The van der Waals surface area contributed by atoms with Crippen LogP contribution >= 0.6 is 0 Å². The highest BCUT2D eigenvalue weighted by atomic mass is 16.7. The van der Waals surface area contributed by atoms with E-state index < -0.39 is 36.3 Å². The molecule has 44 heavy (non-hydrogen) atoms. The van der Waals surface area contributed by atoms with Crippen LogP contribution in [-0.4, -0.2) is 74.0 Å². The van der Waals surface area contributed by atoms with Gasteiger partial charge in [-0.15, -0.1) is 0 Å². The summed E-state index contributed by atoms with van der Waals surface area (Å²) in [7, 11) is 0. The largest absolute Gasteiger partial charge is 0.389 e. The monoisotopic (exact) mass is 618 g/mol. The number of aliphatic hydroxyl groups excluding tert-OH is 4. The summed E-state index contributed by atoms with van der Waals surface area (Å²) in [6.07, 6.45) is 6.77. The Labute approximate surface area is 266 Å². The first-order chi connectivity index (χ1) is 20.6. The Morgan fingerprint density at radius 2 is 1.70 bits per heavy atom. The van der Waals surface area contributed by atoms with Crippen LogP contribution in [0.2, 0.25) is 0 Å². The molecular formula is C37H62O7. The predicted octanol–water partition coefficient (Wildman–Crippen LogP) is 5.52. The van der Waals surface area contributed by atoms with Gasteiger partial charge in [0.2, 0.25) is 0 Å². The molecule has 0 aromatic carbocycles. The molecule has 4 fully saturated rings. The van der Waals surface area contributed by atoms with Crippen molar-refractivity contribution in [2.75, 3.05) is 0 Å². The van der Waals surface area contributed by atoms with Gasteiger partial charge in [-0.2, -0.15) is 0 Å². The summed E-state index contributed by atoms with van der Waals surface area (Å²) in [4.78, 5) is 0. The Morgan fingerprint density at radius 3 is 2.36 bits per heavy atom. The first-order valence-electron chi connectivity index (χ1n) is 17.7. The summed E-state index contributed by atoms with van der Waals surface area (Å²) in [5.74, 6) is 1.89. The fourth-order valence-electron chi connectivity index (χ4n) is 11.0. The minimum Gasteiger partial charge on any atom is -0.389 e. The molecule has 7 nitrogen and oxygen atoms in total. The number of hydrogen-bond acceptors (Lipinski definition) is 7. The van der Waals surface area contributed by atoms with Crippen molar-refractivity contribution in [1.82, 2.24) is 0 Å².